The lowest BCUT2D eigenvalue weighted by atomic mass is 10.1. The fourth-order valence-electron chi connectivity index (χ4n) is 2.98. The van der Waals surface area contributed by atoms with Gasteiger partial charge < -0.3 is 4.90 Å². The maximum atomic E-state index is 13.5. The summed E-state index contributed by atoms with van der Waals surface area (Å²) in [6, 6.07) is 2.42. The molecule has 2 aromatic heterocycles. The van der Waals surface area contributed by atoms with E-state index in [4.69, 9.17) is 23.2 Å². The van der Waals surface area contributed by atoms with Gasteiger partial charge in [0.25, 0.3) is 5.91 Å². The minimum Gasteiger partial charge on any atom is -0.332 e. The molecule has 0 radical (unpaired) electrons. The molecule has 0 unspecified atom stereocenters. The summed E-state index contributed by atoms with van der Waals surface area (Å²) in [6.45, 7) is 0.870. The van der Waals surface area contributed by atoms with E-state index in [9.17, 15) is 13.6 Å². The highest BCUT2D eigenvalue weighted by Crippen LogP contribution is 2.30. The van der Waals surface area contributed by atoms with Crippen LogP contribution in [-0.4, -0.2) is 42.3 Å². The molecule has 0 atom stereocenters. The van der Waals surface area contributed by atoms with Gasteiger partial charge in [-0.2, -0.15) is 0 Å². The van der Waals surface area contributed by atoms with Crippen molar-refractivity contribution in [3.8, 4) is 0 Å². The third-order valence-electron chi connectivity index (χ3n) is 4.40. The van der Waals surface area contributed by atoms with Gasteiger partial charge in [-0.3, -0.25) is 4.79 Å². The maximum absolute atomic E-state index is 13.5. The number of hydrogen-bond donors (Lipinski definition) is 0. The Bertz CT molecular complexity index is 1060. The lowest BCUT2D eigenvalue weighted by Crippen LogP contribution is -2.36. The summed E-state index contributed by atoms with van der Waals surface area (Å²) in [5, 5.41) is 7.81. The topological polar surface area (TPSA) is 76.8 Å². The van der Waals surface area contributed by atoms with Gasteiger partial charge in [0, 0.05) is 13.0 Å². The molecule has 3 heterocycles. The van der Waals surface area contributed by atoms with E-state index in [0.29, 0.717) is 24.5 Å². The van der Waals surface area contributed by atoms with Crippen molar-refractivity contribution in [1.29, 1.82) is 0 Å². The van der Waals surface area contributed by atoms with Gasteiger partial charge in [-0.05, 0) is 12.1 Å². The summed E-state index contributed by atoms with van der Waals surface area (Å²) in [4.78, 5) is 22.1. The molecular formula is C17H12Cl2F2N6O. The molecule has 144 valence electrons. The van der Waals surface area contributed by atoms with Gasteiger partial charge in [0.05, 0.1) is 40.2 Å². The predicted octanol–water partition coefficient (Wildman–Crippen LogP) is 2.90. The largest absolute Gasteiger partial charge is 0.332 e. The van der Waals surface area contributed by atoms with Crippen LogP contribution in [0.2, 0.25) is 10.0 Å². The van der Waals surface area contributed by atoms with Crippen molar-refractivity contribution >= 4 is 29.1 Å². The Balaban J connectivity index is 1.53. The Morgan fingerprint density at radius 3 is 2.64 bits per heavy atom. The van der Waals surface area contributed by atoms with E-state index in [1.165, 1.54) is 6.07 Å². The van der Waals surface area contributed by atoms with Gasteiger partial charge in [-0.1, -0.05) is 28.4 Å². The molecule has 1 aromatic carbocycles. The Hall–Kier alpha value is -2.65. The standard InChI is InChI=1S/C17H12Cl2F2N6O/c18-15-10(1-2-11(21)16(15)19)17(28)26-4-3-13-12(7-26)24-25-27(13)8-14-22-5-9(20)6-23-14/h1-2,5-6H,3-4,7-8H2. The molecular weight excluding hydrogens is 413 g/mol. The van der Waals surface area contributed by atoms with Crippen molar-refractivity contribution in [3.63, 3.8) is 0 Å². The van der Waals surface area contributed by atoms with Crippen LogP contribution in [0.4, 0.5) is 8.78 Å². The van der Waals surface area contributed by atoms with Crippen molar-refractivity contribution in [2.45, 2.75) is 19.5 Å². The third kappa shape index (κ3) is 3.43. The van der Waals surface area contributed by atoms with E-state index in [0.717, 1.165) is 24.2 Å². The van der Waals surface area contributed by atoms with E-state index >= 15 is 0 Å². The number of nitrogens with zero attached hydrogens (tertiary/aromatic N) is 6. The first-order valence-corrected chi connectivity index (χ1v) is 9.00. The van der Waals surface area contributed by atoms with Crippen molar-refractivity contribution in [1.82, 2.24) is 29.9 Å². The highest BCUT2D eigenvalue weighted by atomic mass is 35.5. The Labute approximate surface area is 167 Å². The number of carbonyl (C=O) groups excluding carboxylic acids is 1. The molecule has 7 nitrogen and oxygen atoms in total. The normalized spacial score (nSPS) is 13.5. The molecule has 0 saturated carbocycles. The zero-order chi connectivity index (χ0) is 19.8. The second-order valence-corrected chi connectivity index (χ2v) is 6.91. The van der Waals surface area contributed by atoms with Crippen LogP contribution in [0, 0.1) is 11.6 Å². The average Bonchev–Trinajstić information content (AvgIpc) is 3.09. The number of hydrogen-bond acceptors (Lipinski definition) is 5. The summed E-state index contributed by atoms with van der Waals surface area (Å²) in [5.41, 5.74) is 1.61. The van der Waals surface area contributed by atoms with Crippen molar-refractivity contribution < 1.29 is 13.6 Å². The van der Waals surface area contributed by atoms with Crippen molar-refractivity contribution in [2.75, 3.05) is 6.54 Å². The highest BCUT2D eigenvalue weighted by molar-refractivity contribution is 6.43. The second kappa shape index (κ2) is 7.40. The minimum absolute atomic E-state index is 0.116. The second-order valence-electron chi connectivity index (χ2n) is 6.16. The zero-order valence-corrected chi connectivity index (χ0v) is 15.8. The number of amides is 1. The molecule has 28 heavy (non-hydrogen) atoms. The minimum atomic E-state index is -0.685. The Morgan fingerprint density at radius 1 is 1.14 bits per heavy atom. The fraction of sp³-hybridized carbons (Fsp3) is 0.235. The molecule has 0 N–H and O–H groups in total. The number of carbonyl (C=O) groups is 1. The van der Waals surface area contributed by atoms with Crippen LogP contribution in [0.1, 0.15) is 27.6 Å². The Kier molecular flexibility index (Phi) is 4.94. The molecule has 1 aliphatic heterocycles. The van der Waals surface area contributed by atoms with Gasteiger partial charge in [0.2, 0.25) is 0 Å². The van der Waals surface area contributed by atoms with E-state index in [1.54, 1.807) is 9.58 Å². The summed E-state index contributed by atoms with van der Waals surface area (Å²) in [5.74, 6) is -1.16. The van der Waals surface area contributed by atoms with Gasteiger partial charge in [0.15, 0.2) is 5.82 Å². The number of benzene rings is 1. The molecule has 0 spiro atoms. The first kappa shape index (κ1) is 18.7. The van der Waals surface area contributed by atoms with Crippen LogP contribution >= 0.6 is 23.2 Å². The summed E-state index contributed by atoms with van der Waals surface area (Å²) in [7, 11) is 0. The quantitative estimate of drug-likeness (QED) is 0.604. The maximum Gasteiger partial charge on any atom is 0.255 e. The van der Waals surface area contributed by atoms with Crippen LogP contribution in [0.5, 0.6) is 0 Å². The fourth-order valence-corrected chi connectivity index (χ4v) is 3.38. The molecule has 3 aromatic rings. The molecule has 4 rings (SSSR count). The summed E-state index contributed by atoms with van der Waals surface area (Å²) < 4.78 is 28.0. The van der Waals surface area contributed by atoms with E-state index < -0.39 is 11.6 Å². The number of fused-ring (bicyclic) bond motifs is 1. The summed E-state index contributed by atoms with van der Waals surface area (Å²) in [6.07, 6.45) is 2.68. The van der Waals surface area contributed by atoms with Crippen molar-refractivity contribution in [3.05, 3.63) is 69.0 Å². The molecule has 0 saturated heterocycles. The van der Waals surface area contributed by atoms with Crippen LogP contribution in [-0.2, 0) is 19.5 Å². The van der Waals surface area contributed by atoms with Gasteiger partial charge in [0.1, 0.15) is 23.9 Å². The van der Waals surface area contributed by atoms with E-state index in [2.05, 4.69) is 20.3 Å². The molecule has 1 amide bonds. The third-order valence-corrected chi connectivity index (χ3v) is 5.25. The van der Waals surface area contributed by atoms with Gasteiger partial charge in [-0.25, -0.2) is 23.4 Å². The monoisotopic (exact) mass is 424 g/mol. The molecule has 0 bridgehead atoms. The first-order valence-electron chi connectivity index (χ1n) is 8.24. The predicted molar refractivity (Wildman–Crippen MR) is 96.0 cm³/mol. The molecule has 0 fully saturated rings. The molecule has 11 heteroatoms. The first-order chi connectivity index (χ1) is 13.4. The van der Waals surface area contributed by atoms with E-state index in [1.807, 2.05) is 0 Å². The summed E-state index contributed by atoms with van der Waals surface area (Å²) >= 11 is 11.8. The smallest absolute Gasteiger partial charge is 0.255 e. The van der Waals surface area contributed by atoms with Gasteiger partial charge in [-0.15, -0.1) is 5.10 Å². The number of aromatic nitrogens is 5. The van der Waals surface area contributed by atoms with Crippen LogP contribution < -0.4 is 0 Å². The SMILES string of the molecule is O=C(c1ccc(F)c(Cl)c1Cl)N1CCc2c(nnn2Cc2ncc(F)cn2)C1. The number of rotatable bonds is 3. The van der Waals surface area contributed by atoms with Crippen LogP contribution in [0.15, 0.2) is 24.5 Å². The van der Waals surface area contributed by atoms with Gasteiger partial charge >= 0.3 is 0 Å². The zero-order valence-electron chi connectivity index (χ0n) is 14.2. The van der Waals surface area contributed by atoms with Crippen molar-refractivity contribution in [2.24, 2.45) is 0 Å². The van der Waals surface area contributed by atoms with Crippen LogP contribution in [0.3, 0.4) is 0 Å². The molecule has 1 aliphatic rings. The lowest BCUT2D eigenvalue weighted by molar-refractivity contribution is 0.0731. The molecule has 0 aliphatic carbocycles. The average molecular weight is 425 g/mol. The Morgan fingerprint density at radius 2 is 1.89 bits per heavy atom. The highest BCUT2D eigenvalue weighted by Gasteiger charge is 2.28. The lowest BCUT2D eigenvalue weighted by Gasteiger charge is -2.27. The van der Waals surface area contributed by atoms with Crippen LogP contribution in [0.25, 0.3) is 0 Å². The number of halogens is 4. The van der Waals surface area contributed by atoms with E-state index in [-0.39, 0.29) is 34.6 Å².